The van der Waals surface area contributed by atoms with Gasteiger partial charge < -0.3 is 10.2 Å². The summed E-state index contributed by atoms with van der Waals surface area (Å²) < 4.78 is 1.86. The molecule has 4 nitrogen and oxygen atoms in total. The Hall–Kier alpha value is -0.870. The summed E-state index contributed by atoms with van der Waals surface area (Å²) in [5.41, 5.74) is 1.30. The Morgan fingerprint density at radius 1 is 1.56 bits per heavy atom. The SMILES string of the molecule is CC1CNCC1CN(C)Cc1cnn(C)c1. The second-order valence-corrected chi connectivity index (χ2v) is 5.11. The van der Waals surface area contributed by atoms with Gasteiger partial charge in [-0.15, -0.1) is 0 Å². The second kappa shape index (κ2) is 4.97. The lowest BCUT2D eigenvalue weighted by Gasteiger charge is -2.22. The Kier molecular flexibility index (Phi) is 3.61. The Labute approximate surface area is 97.6 Å². The first-order valence-corrected chi connectivity index (χ1v) is 6.02. The normalized spacial score (nSPS) is 25.5. The summed E-state index contributed by atoms with van der Waals surface area (Å²) in [7, 11) is 4.16. The molecule has 2 heterocycles. The van der Waals surface area contributed by atoms with E-state index in [1.807, 2.05) is 17.9 Å². The Bertz CT molecular complexity index is 334. The topological polar surface area (TPSA) is 33.1 Å². The van der Waals surface area contributed by atoms with Crippen molar-refractivity contribution < 1.29 is 0 Å². The van der Waals surface area contributed by atoms with Crippen LogP contribution in [-0.4, -0.2) is 41.4 Å². The first-order chi connectivity index (χ1) is 7.65. The molecule has 0 spiro atoms. The van der Waals surface area contributed by atoms with Crippen LogP contribution in [0.5, 0.6) is 0 Å². The Balaban J connectivity index is 1.82. The summed E-state index contributed by atoms with van der Waals surface area (Å²) in [4.78, 5) is 2.39. The van der Waals surface area contributed by atoms with Crippen molar-refractivity contribution in [1.29, 1.82) is 0 Å². The minimum absolute atomic E-state index is 0.793. The number of aryl methyl sites for hydroxylation is 1. The molecule has 0 amide bonds. The highest BCUT2D eigenvalue weighted by atomic mass is 15.2. The number of hydrogen-bond donors (Lipinski definition) is 1. The van der Waals surface area contributed by atoms with Gasteiger partial charge in [-0.05, 0) is 32.0 Å². The third kappa shape index (κ3) is 2.83. The zero-order valence-electron chi connectivity index (χ0n) is 10.5. The molecular weight excluding hydrogens is 200 g/mol. The molecule has 1 saturated heterocycles. The van der Waals surface area contributed by atoms with Crippen LogP contribution in [0.4, 0.5) is 0 Å². The molecule has 2 atom stereocenters. The number of aromatic nitrogens is 2. The van der Waals surface area contributed by atoms with E-state index in [1.165, 1.54) is 25.2 Å². The molecule has 2 unspecified atom stereocenters. The van der Waals surface area contributed by atoms with Crippen molar-refractivity contribution >= 4 is 0 Å². The zero-order chi connectivity index (χ0) is 11.5. The van der Waals surface area contributed by atoms with Gasteiger partial charge in [0.25, 0.3) is 0 Å². The lowest BCUT2D eigenvalue weighted by molar-refractivity contribution is 0.252. The monoisotopic (exact) mass is 222 g/mol. The molecule has 1 aliphatic rings. The lowest BCUT2D eigenvalue weighted by atomic mass is 9.98. The van der Waals surface area contributed by atoms with E-state index in [0.717, 1.165) is 18.4 Å². The summed E-state index contributed by atoms with van der Waals surface area (Å²) in [6, 6.07) is 0. The number of rotatable bonds is 4. The Morgan fingerprint density at radius 3 is 2.94 bits per heavy atom. The predicted octanol–water partition coefficient (Wildman–Crippen LogP) is 0.707. The van der Waals surface area contributed by atoms with E-state index < -0.39 is 0 Å². The molecule has 0 radical (unpaired) electrons. The molecule has 1 N–H and O–H groups in total. The van der Waals surface area contributed by atoms with Crippen molar-refractivity contribution in [2.75, 3.05) is 26.7 Å². The third-order valence-electron chi connectivity index (χ3n) is 3.43. The molecule has 0 aromatic carbocycles. The van der Waals surface area contributed by atoms with Crippen molar-refractivity contribution in [3.05, 3.63) is 18.0 Å². The highest BCUT2D eigenvalue weighted by Crippen LogP contribution is 2.17. The van der Waals surface area contributed by atoms with Gasteiger partial charge in [0.2, 0.25) is 0 Å². The van der Waals surface area contributed by atoms with Crippen LogP contribution in [-0.2, 0) is 13.6 Å². The van der Waals surface area contributed by atoms with Crippen LogP contribution >= 0.6 is 0 Å². The Morgan fingerprint density at radius 2 is 2.38 bits per heavy atom. The van der Waals surface area contributed by atoms with Crippen molar-refractivity contribution in [1.82, 2.24) is 20.0 Å². The molecule has 0 saturated carbocycles. The maximum Gasteiger partial charge on any atom is 0.0534 e. The van der Waals surface area contributed by atoms with E-state index in [9.17, 15) is 0 Å². The predicted molar refractivity (Wildman–Crippen MR) is 65.1 cm³/mol. The number of nitrogens with zero attached hydrogens (tertiary/aromatic N) is 3. The van der Waals surface area contributed by atoms with E-state index in [0.29, 0.717) is 0 Å². The van der Waals surface area contributed by atoms with E-state index in [1.54, 1.807) is 0 Å². The van der Waals surface area contributed by atoms with Gasteiger partial charge >= 0.3 is 0 Å². The van der Waals surface area contributed by atoms with Crippen LogP contribution in [0, 0.1) is 11.8 Å². The highest BCUT2D eigenvalue weighted by molar-refractivity contribution is 5.03. The molecule has 0 bridgehead atoms. The van der Waals surface area contributed by atoms with Gasteiger partial charge in [0, 0.05) is 31.9 Å². The fourth-order valence-corrected chi connectivity index (χ4v) is 2.44. The first-order valence-electron chi connectivity index (χ1n) is 6.02. The van der Waals surface area contributed by atoms with Crippen molar-refractivity contribution in [2.45, 2.75) is 13.5 Å². The van der Waals surface area contributed by atoms with Gasteiger partial charge in [-0.1, -0.05) is 6.92 Å². The van der Waals surface area contributed by atoms with Crippen LogP contribution < -0.4 is 5.32 Å². The van der Waals surface area contributed by atoms with Crippen LogP contribution in [0.2, 0.25) is 0 Å². The quantitative estimate of drug-likeness (QED) is 0.814. The summed E-state index contributed by atoms with van der Waals surface area (Å²) >= 11 is 0. The summed E-state index contributed by atoms with van der Waals surface area (Å²) in [6.45, 7) is 6.84. The molecule has 1 aliphatic heterocycles. The summed E-state index contributed by atoms with van der Waals surface area (Å²) in [6.07, 6.45) is 4.04. The van der Waals surface area contributed by atoms with Crippen LogP contribution in [0.25, 0.3) is 0 Å². The molecular formula is C12H22N4. The number of nitrogens with one attached hydrogen (secondary N) is 1. The lowest BCUT2D eigenvalue weighted by Crippen LogP contribution is -2.28. The fourth-order valence-electron chi connectivity index (χ4n) is 2.44. The maximum absolute atomic E-state index is 4.19. The molecule has 16 heavy (non-hydrogen) atoms. The van der Waals surface area contributed by atoms with Gasteiger partial charge in [-0.3, -0.25) is 4.68 Å². The highest BCUT2D eigenvalue weighted by Gasteiger charge is 2.23. The average Bonchev–Trinajstić information content (AvgIpc) is 2.77. The number of hydrogen-bond acceptors (Lipinski definition) is 3. The standard InChI is InChI=1S/C12H22N4/c1-10-4-13-6-12(10)9-15(2)7-11-5-14-16(3)8-11/h5,8,10,12-13H,4,6-7,9H2,1-3H3. The van der Waals surface area contributed by atoms with Crippen molar-refractivity contribution in [3.63, 3.8) is 0 Å². The fraction of sp³-hybridized carbons (Fsp3) is 0.750. The molecule has 0 aliphatic carbocycles. The minimum Gasteiger partial charge on any atom is -0.316 e. The summed E-state index contributed by atoms with van der Waals surface area (Å²) in [5.74, 6) is 1.60. The average molecular weight is 222 g/mol. The van der Waals surface area contributed by atoms with E-state index >= 15 is 0 Å². The van der Waals surface area contributed by atoms with Crippen LogP contribution in [0.3, 0.4) is 0 Å². The van der Waals surface area contributed by atoms with Gasteiger partial charge in [0.05, 0.1) is 6.20 Å². The largest absolute Gasteiger partial charge is 0.316 e. The zero-order valence-corrected chi connectivity index (χ0v) is 10.5. The van der Waals surface area contributed by atoms with E-state index in [-0.39, 0.29) is 0 Å². The second-order valence-electron chi connectivity index (χ2n) is 5.11. The molecule has 1 aromatic heterocycles. The molecule has 1 fully saturated rings. The third-order valence-corrected chi connectivity index (χ3v) is 3.43. The van der Waals surface area contributed by atoms with Crippen LogP contribution in [0.15, 0.2) is 12.4 Å². The van der Waals surface area contributed by atoms with Crippen LogP contribution in [0.1, 0.15) is 12.5 Å². The van der Waals surface area contributed by atoms with Gasteiger partial charge in [0.15, 0.2) is 0 Å². The minimum atomic E-state index is 0.793. The summed E-state index contributed by atoms with van der Waals surface area (Å²) in [5, 5.41) is 7.65. The maximum atomic E-state index is 4.19. The van der Waals surface area contributed by atoms with E-state index in [4.69, 9.17) is 0 Å². The van der Waals surface area contributed by atoms with E-state index in [2.05, 4.69) is 35.5 Å². The first kappa shape index (κ1) is 11.6. The van der Waals surface area contributed by atoms with Crippen molar-refractivity contribution in [3.8, 4) is 0 Å². The van der Waals surface area contributed by atoms with Gasteiger partial charge in [-0.25, -0.2) is 0 Å². The van der Waals surface area contributed by atoms with Gasteiger partial charge in [-0.2, -0.15) is 5.10 Å². The van der Waals surface area contributed by atoms with Gasteiger partial charge in [0.1, 0.15) is 0 Å². The van der Waals surface area contributed by atoms with Crippen molar-refractivity contribution in [2.24, 2.45) is 18.9 Å². The molecule has 2 rings (SSSR count). The molecule has 90 valence electrons. The molecule has 4 heteroatoms. The smallest absolute Gasteiger partial charge is 0.0534 e. The molecule has 1 aromatic rings.